The van der Waals surface area contributed by atoms with E-state index in [0.29, 0.717) is 11.6 Å². The second-order valence-electron chi connectivity index (χ2n) is 4.47. The van der Waals surface area contributed by atoms with Crippen molar-refractivity contribution in [1.82, 2.24) is 9.78 Å². The third-order valence-corrected chi connectivity index (χ3v) is 2.95. The van der Waals surface area contributed by atoms with Crippen molar-refractivity contribution in [2.75, 3.05) is 0 Å². The molecule has 0 bridgehead atoms. The molecule has 0 amide bonds. The Morgan fingerprint density at radius 2 is 2.06 bits per heavy atom. The van der Waals surface area contributed by atoms with Crippen LogP contribution in [0.25, 0.3) is 10.9 Å². The summed E-state index contributed by atoms with van der Waals surface area (Å²) in [5, 5.41) is 14.2. The van der Waals surface area contributed by atoms with Crippen molar-refractivity contribution in [3.8, 4) is 6.07 Å². The Balaban J connectivity index is 2.84. The number of rotatable bonds is 1. The first kappa shape index (κ1) is 10.7. The minimum Gasteiger partial charge on any atom is -0.267 e. The standard InChI is InChI=1S/C13H15N3/c1-8(2)10-5-9(3)13-11(7-14)15-16(4)12(13)6-10/h5-6,8H,1-4H3. The Hall–Kier alpha value is -1.82. The molecule has 82 valence electrons. The molecule has 0 spiro atoms. The Labute approximate surface area is 95.3 Å². The van der Waals surface area contributed by atoms with E-state index in [9.17, 15) is 0 Å². The van der Waals surface area contributed by atoms with Crippen LogP contribution in [0.2, 0.25) is 0 Å². The SMILES string of the molecule is Cc1cc(C(C)C)cc2c1c(C#N)nn2C. The van der Waals surface area contributed by atoms with Gasteiger partial charge in [-0.25, -0.2) is 0 Å². The lowest BCUT2D eigenvalue weighted by molar-refractivity contribution is 0.788. The highest BCUT2D eigenvalue weighted by Crippen LogP contribution is 2.26. The average Bonchev–Trinajstić information content (AvgIpc) is 2.56. The summed E-state index contributed by atoms with van der Waals surface area (Å²) >= 11 is 0. The maximum Gasteiger partial charge on any atom is 0.170 e. The van der Waals surface area contributed by atoms with E-state index in [1.54, 1.807) is 4.68 Å². The van der Waals surface area contributed by atoms with Crippen molar-refractivity contribution < 1.29 is 0 Å². The molecule has 3 nitrogen and oxygen atoms in total. The zero-order valence-corrected chi connectivity index (χ0v) is 10.1. The zero-order valence-electron chi connectivity index (χ0n) is 10.1. The highest BCUT2D eigenvalue weighted by molar-refractivity contribution is 5.88. The summed E-state index contributed by atoms with van der Waals surface area (Å²) in [4.78, 5) is 0. The fourth-order valence-corrected chi connectivity index (χ4v) is 2.02. The molecule has 0 aliphatic heterocycles. The van der Waals surface area contributed by atoms with Gasteiger partial charge >= 0.3 is 0 Å². The fourth-order valence-electron chi connectivity index (χ4n) is 2.02. The number of benzene rings is 1. The number of fused-ring (bicyclic) bond motifs is 1. The van der Waals surface area contributed by atoms with Crippen LogP contribution in [-0.4, -0.2) is 9.78 Å². The van der Waals surface area contributed by atoms with Gasteiger partial charge in [0.15, 0.2) is 5.69 Å². The van der Waals surface area contributed by atoms with E-state index in [4.69, 9.17) is 5.26 Å². The summed E-state index contributed by atoms with van der Waals surface area (Å²) < 4.78 is 1.78. The number of nitriles is 1. The van der Waals surface area contributed by atoms with Crippen LogP contribution < -0.4 is 0 Å². The van der Waals surface area contributed by atoms with Crippen molar-refractivity contribution >= 4 is 10.9 Å². The van der Waals surface area contributed by atoms with Crippen molar-refractivity contribution in [2.45, 2.75) is 26.7 Å². The van der Waals surface area contributed by atoms with E-state index >= 15 is 0 Å². The molecule has 2 aromatic rings. The van der Waals surface area contributed by atoms with Crippen LogP contribution in [0.5, 0.6) is 0 Å². The molecular weight excluding hydrogens is 198 g/mol. The lowest BCUT2D eigenvalue weighted by Gasteiger charge is -2.08. The molecule has 3 heteroatoms. The number of aryl methyl sites for hydroxylation is 2. The van der Waals surface area contributed by atoms with Crippen molar-refractivity contribution in [2.24, 2.45) is 7.05 Å². The van der Waals surface area contributed by atoms with Gasteiger partial charge in [-0.3, -0.25) is 4.68 Å². The van der Waals surface area contributed by atoms with Gasteiger partial charge in [-0.15, -0.1) is 0 Å². The van der Waals surface area contributed by atoms with Gasteiger partial charge in [0.05, 0.1) is 5.52 Å². The summed E-state index contributed by atoms with van der Waals surface area (Å²) in [6.45, 7) is 6.38. The monoisotopic (exact) mass is 213 g/mol. The Morgan fingerprint density at radius 1 is 1.38 bits per heavy atom. The molecule has 0 saturated carbocycles. The van der Waals surface area contributed by atoms with Gasteiger partial charge in [-0.05, 0) is 30.0 Å². The molecule has 1 heterocycles. The summed E-state index contributed by atoms with van der Waals surface area (Å²) in [6, 6.07) is 6.42. The highest BCUT2D eigenvalue weighted by Gasteiger charge is 2.12. The first-order valence-electron chi connectivity index (χ1n) is 5.42. The smallest absolute Gasteiger partial charge is 0.170 e. The van der Waals surface area contributed by atoms with E-state index < -0.39 is 0 Å². The second kappa shape index (κ2) is 3.64. The molecular formula is C13H15N3. The molecule has 1 aromatic heterocycles. The first-order valence-corrected chi connectivity index (χ1v) is 5.42. The first-order chi connectivity index (χ1) is 7.54. The van der Waals surface area contributed by atoms with Crippen molar-refractivity contribution in [3.05, 3.63) is 29.0 Å². The molecule has 0 fully saturated rings. The van der Waals surface area contributed by atoms with Crippen LogP contribution in [0.3, 0.4) is 0 Å². The molecule has 0 radical (unpaired) electrons. The number of aromatic nitrogens is 2. The quantitative estimate of drug-likeness (QED) is 0.731. The molecule has 0 atom stereocenters. The summed E-state index contributed by atoms with van der Waals surface area (Å²) in [5.74, 6) is 0.489. The van der Waals surface area contributed by atoms with Gasteiger partial charge < -0.3 is 0 Å². The average molecular weight is 213 g/mol. The van der Waals surface area contributed by atoms with Gasteiger partial charge in [0.25, 0.3) is 0 Å². The summed E-state index contributed by atoms with van der Waals surface area (Å²) in [5.41, 5.74) is 3.98. The van der Waals surface area contributed by atoms with E-state index in [2.05, 4.69) is 37.1 Å². The number of hydrogen-bond acceptors (Lipinski definition) is 2. The minimum absolute atomic E-state index is 0.489. The molecule has 1 aromatic carbocycles. The molecule has 16 heavy (non-hydrogen) atoms. The normalized spacial score (nSPS) is 11.0. The predicted octanol–water partition coefficient (Wildman–Crippen LogP) is 2.88. The van der Waals surface area contributed by atoms with Crippen molar-refractivity contribution in [3.63, 3.8) is 0 Å². The summed E-state index contributed by atoms with van der Waals surface area (Å²) in [7, 11) is 1.88. The second-order valence-corrected chi connectivity index (χ2v) is 4.47. The molecule has 0 saturated heterocycles. The lowest BCUT2D eigenvalue weighted by Crippen LogP contribution is -1.93. The third-order valence-electron chi connectivity index (χ3n) is 2.95. The summed E-state index contributed by atoms with van der Waals surface area (Å²) in [6.07, 6.45) is 0. The largest absolute Gasteiger partial charge is 0.267 e. The van der Waals surface area contributed by atoms with Gasteiger partial charge in [-0.2, -0.15) is 10.4 Å². The fraction of sp³-hybridized carbons (Fsp3) is 0.385. The van der Waals surface area contributed by atoms with Gasteiger partial charge in [0.2, 0.25) is 0 Å². The highest BCUT2D eigenvalue weighted by atomic mass is 15.3. The Kier molecular flexibility index (Phi) is 2.43. The maximum atomic E-state index is 9.03. The third kappa shape index (κ3) is 1.47. The number of hydrogen-bond donors (Lipinski definition) is 0. The Bertz CT molecular complexity index is 585. The molecule has 0 N–H and O–H groups in total. The van der Waals surface area contributed by atoms with Crippen LogP contribution in [0, 0.1) is 18.3 Å². The van der Waals surface area contributed by atoms with Crippen LogP contribution in [0.4, 0.5) is 0 Å². The zero-order chi connectivity index (χ0) is 11.9. The number of nitrogens with zero attached hydrogens (tertiary/aromatic N) is 3. The van der Waals surface area contributed by atoms with E-state index in [1.807, 2.05) is 14.0 Å². The van der Waals surface area contributed by atoms with E-state index in [-0.39, 0.29) is 0 Å². The topological polar surface area (TPSA) is 41.6 Å². The van der Waals surface area contributed by atoms with Crippen LogP contribution in [-0.2, 0) is 7.05 Å². The van der Waals surface area contributed by atoms with Crippen molar-refractivity contribution in [1.29, 1.82) is 5.26 Å². The van der Waals surface area contributed by atoms with Crippen LogP contribution in [0.15, 0.2) is 12.1 Å². The predicted molar refractivity (Wildman–Crippen MR) is 64.3 cm³/mol. The van der Waals surface area contributed by atoms with E-state index in [0.717, 1.165) is 16.5 Å². The Morgan fingerprint density at radius 3 is 2.62 bits per heavy atom. The van der Waals surface area contributed by atoms with Gasteiger partial charge in [0.1, 0.15) is 6.07 Å². The molecule has 0 unspecified atom stereocenters. The van der Waals surface area contributed by atoms with E-state index in [1.165, 1.54) is 5.56 Å². The lowest BCUT2D eigenvalue weighted by atomic mass is 9.98. The van der Waals surface area contributed by atoms with Gasteiger partial charge in [-0.1, -0.05) is 19.9 Å². The van der Waals surface area contributed by atoms with Crippen LogP contribution >= 0.6 is 0 Å². The molecule has 0 aliphatic carbocycles. The maximum absolute atomic E-state index is 9.03. The van der Waals surface area contributed by atoms with Crippen LogP contribution in [0.1, 0.15) is 36.6 Å². The van der Waals surface area contributed by atoms with Gasteiger partial charge in [0, 0.05) is 12.4 Å². The molecule has 0 aliphatic rings. The molecule has 2 rings (SSSR count). The minimum atomic E-state index is 0.489.